The van der Waals surface area contributed by atoms with Crippen LogP contribution in [0.5, 0.6) is 5.75 Å². The summed E-state index contributed by atoms with van der Waals surface area (Å²) >= 11 is 0. The number of aliphatic imine (C=N–C) groups is 1. The second-order valence-corrected chi connectivity index (χ2v) is 6.35. The monoisotopic (exact) mass is 386 g/mol. The molecule has 0 aliphatic rings. The van der Waals surface area contributed by atoms with Gasteiger partial charge in [0, 0.05) is 13.1 Å². The smallest absolute Gasteiger partial charge is 0.255 e. The van der Waals surface area contributed by atoms with Gasteiger partial charge >= 0.3 is 0 Å². The summed E-state index contributed by atoms with van der Waals surface area (Å²) in [6.45, 7) is 5.63. The molecule has 0 unspecified atom stereocenters. The SMILES string of the molecule is CCNC(=NCc1cccc(OCC(N)=O)c1)NCCc1ccc(F)cc1C. The molecular formula is C21H27FN4O2. The Morgan fingerprint density at radius 1 is 1.21 bits per heavy atom. The molecule has 0 spiro atoms. The zero-order chi connectivity index (χ0) is 20.4. The number of aryl methyl sites for hydroxylation is 1. The van der Waals surface area contributed by atoms with Gasteiger partial charge in [-0.2, -0.15) is 0 Å². The highest BCUT2D eigenvalue weighted by Gasteiger charge is 2.03. The summed E-state index contributed by atoms with van der Waals surface area (Å²) in [5, 5.41) is 6.49. The third-order valence-electron chi connectivity index (χ3n) is 4.03. The zero-order valence-electron chi connectivity index (χ0n) is 16.3. The minimum Gasteiger partial charge on any atom is -0.484 e. The van der Waals surface area contributed by atoms with Crippen molar-refractivity contribution < 1.29 is 13.9 Å². The van der Waals surface area contributed by atoms with E-state index in [1.807, 2.05) is 38.1 Å². The number of amides is 1. The first-order valence-electron chi connectivity index (χ1n) is 9.25. The van der Waals surface area contributed by atoms with Crippen molar-refractivity contribution in [3.05, 3.63) is 65.0 Å². The quantitative estimate of drug-likeness (QED) is 0.456. The molecule has 2 aromatic rings. The normalized spacial score (nSPS) is 11.2. The Morgan fingerprint density at radius 3 is 2.75 bits per heavy atom. The Bertz CT molecular complexity index is 824. The van der Waals surface area contributed by atoms with Crippen LogP contribution in [0.15, 0.2) is 47.5 Å². The van der Waals surface area contributed by atoms with Crippen molar-refractivity contribution >= 4 is 11.9 Å². The molecule has 4 N–H and O–H groups in total. The molecule has 0 fully saturated rings. The molecule has 0 aliphatic heterocycles. The second kappa shape index (κ2) is 10.9. The molecule has 0 atom stereocenters. The molecule has 0 aromatic heterocycles. The largest absolute Gasteiger partial charge is 0.484 e. The Labute approximate surface area is 165 Å². The maximum atomic E-state index is 13.2. The number of ether oxygens (including phenoxy) is 1. The predicted molar refractivity (Wildman–Crippen MR) is 109 cm³/mol. The third-order valence-corrected chi connectivity index (χ3v) is 4.03. The number of nitrogens with two attached hydrogens (primary N) is 1. The number of carbonyl (C=O) groups excluding carboxylic acids is 1. The van der Waals surface area contributed by atoms with E-state index in [2.05, 4.69) is 15.6 Å². The Balaban J connectivity index is 1.92. The van der Waals surface area contributed by atoms with Crippen LogP contribution < -0.4 is 21.1 Å². The summed E-state index contributed by atoms with van der Waals surface area (Å²) in [6.07, 6.45) is 0.771. The standard InChI is InChI=1S/C21H27FN4O2/c1-3-24-21(25-10-9-17-7-8-18(22)11-15(17)2)26-13-16-5-4-6-19(12-16)28-14-20(23)27/h4-8,11-12H,3,9-10,13-14H2,1-2H3,(H2,23,27)(H2,24,25,26). The summed E-state index contributed by atoms with van der Waals surface area (Å²) in [6, 6.07) is 12.2. The molecule has 150 valence electrons. The van der Waals surface area contributed by atoms with Crippen LogP contribution in [-0.4, -0.2) is 31.6 Å². The number of halogens is 1. The van der Waals surface area contributed by atoms with E-state index in [0.29, 0.717) is 24.8 Å². The zero-order valence-corrected chi connectivity index (χ0v) is 16.3. The molecule has 0 radical (unpaired) electrons. The van der Waals surface area contributed by atoms with Crippen LogP contribution in [0, 0.1) is 12.7 Å². The number of rotatable bonds is 9. The fraction of sp³-hybridized carbons (Fsp3) is 0.333. The fourth-order valence-electron chi connectivity index (χ4n) is 2.66. The lowest BCUT2D eigenvalue weighted by Gasteiger charge is -2.12. The first-order valence-corrected chi connectivity index (χ1v) is 9.25. The molecule has 28 heavy (non-hydrogen) atoms. The first kappa shape index (κ1) is 21.2. The molecule has 7 heteroatoms. The number of carbonyl (C=O) groups is 1. The molecule has 2 rings (SSSR count). The highest BCUT2D eigenvalue weighted by molar-refractivity contribution is 5.79. The number of benzene rings is 2. The van der Waals surface area contributed by atoms with Crippen LogP contribution in [0.4, 0.5) is 4.39 Å². The van der Waals surface area contributed by atoms with E-state index in [-0.39, 0.29) is 12.4 Å². The molecule has 1 amide bonds. The summed E-state index contributed by atoms with van der Waals surface area (Å²) in [5.41, 5.74) is 8.09. The molecule has 0 heterocycles. The number of nitrogens with zero attached hydrogens (tertiary/aromatic N) is 1. The van der Waals surface area contributed by atoms with Crippen molar-refractivity contribution in [2.45, 2.75) is 26.8 Å². The molecule has 0 aliphatic carbocycles. The van der Waals surface area contributed by atoms with Crippen LogP contribution >= 0.6 is 0 Å². The third kappa shape index (κ3) is 7.26. The van der Waals surface area contributed by atoms with Crippen LogP contribution in [-0.2, 0) is 17.8 Å². The lowest BCUT2D eigenvalue weighted by molar-refractivity contribution is -0.119. The van der Waals surface area contributed by atoms with E-state index >= 15 is 0 Å². The number of hydrogen-bond donors (Lipinski definition) is 3. The van der Waals surface area contributed by atoms with E-state index < -0.39 is 5.91 Å². The van der Waals surface area contributed by atoms with Gasteiger partial charge in [0.1, 0.15) is 11.6 Å². The van der Waals surface area contributed by atoms with Crippen molar-refractivity contribution in [3.8, 4) is 5.75 Å². The fourth-order valence-corrected chi connectivity index (χ4v) is 2.66. The average molecular weight is 386 g/mol. The molecule has 0 bridgehead atoms. The van der Waals surface area contributed by atoms with Gasteiger partial charge in [-0.25, -0.2) is 9.38 Å². The van der Waals surface area contributed by atoms with E-state index in [0.717, 1.165) is 29.7 Å². The van der Waals surface area contributed by atoms with E-state index in [9.17, 15) is 9.18 Å². The second-order valence-electron chi connectivity index (χ2n) is 6.35. The highest BCUT2D eigenvalue weighted by Crippen LogP contribution is 2.14. The first-order chi connectivity index (χ1) is 13.5. The van der Waals surface area contributed by atoms with Gasteiger partial charge in [0.15, 0.2) is 12.6 Å². The van der Waals surface area contributed by atoms with Crippen LogP contribution in [0.2, 0.25) is 0 Å². The van der Waals surface area contributed by atoms with Crippen molar-refractivity contribution in [1.29, 1.82) is 0 Å². The highest BCUT2D eigenvalue weighted by atomic mass is 19.1. The topological polar surface area (TPSA) is 88.7 Å². The molecule has 6 nitrogen and oxygen atoms in total. The summed E-state index contributed by atoms with van der Waals surface area (Å²) in [7, 11) is 0. The van der Waals surface area contributed by atoms with Gasteiger partial charge in [0.05, 0.1) is 6.54 Å². The Morgan fingerprint density at radius 2 is 2.04 bits per heavy atom. The summed E-state index contributed by atoms with van der Waals surface area (Å²) < 4.78 is 18.5. The van der Waals surface area contributed by atoms with Crippen LogP contribution in [0.3, 0.4) is 0 Å². The Hall–Kier alpha value is -3.09. The number of nitrogens with one attached hydrogen (secondary N) is 2. The van der Waals surface area contributed by atoms with Gasteiger partial charge in [-0.3, -0.25) is 4.79 Å². The predicted octanol–water partition coefficient (Wildman–Crippen LogP) is 2.30. The minimum atomic E-state index is -0.515. The maximum Gasteiger partial charge on any atom is 0.255 e. The van der Waals surface area contributed by atoms with Gasteiger partial charge in [-0.05, 0) is 61.2 Å². The molecular weight excluding hydrogens is 359 g/mol. The average Bonchev–Trinajstić information content (AvgIpc) is 2.66. The van der Waals surface area contributed by atoms with E-state index in [1.165, 1.54) is 6.07 Å². The number of guanidine groups is 1. The number of hydrogen-bond acceptors (Lipinski definition) is 3. The minimum absolute atomic E-state index is 0.153. The molecule has 0 saturated carbocycles. The van der Waals surface area contributed by atoms with Gasteiger partial charge in [-0.1, -0.05) is 18.2 Å². The molecule has 0 saturated heterocycles. The van der Waals surface area contributed by atoms with Crippen molar-refractivity contribution in [2.75, 3.05) is 19.7 Å². The van der Waals surface area contributed by atoms with Crippen molar-refractivity contribution in [1.82, 2.24) is 10.6 Å². The van der Waals surface area contributed by atoms with Gasteiger partial charge in [0.2, 0.25) is 0 Å². The lowest BCUT2D eigenvalue weighted by Crippen LogP contribution is -2.38. The number of primary amides is 1. The van der Waals surface area contributed by atoms with Crippen molar-refractivity contribution in [2.24, 2.45) is 10.7 Å². The van der Waals surface area contributed by atoms with Crippen LogP contribution in [0.25, 0.3) is 0 Å². The lowest BCUT2D eigenvalue weighted by atomic mass is 10.1. The van der Waals surface area contributed by atoms with Crippen molar-refractivity contribution in [3.63, 3.8) is 0 Å². The van der Waals surface area contributed by atoms with Gasteiger partial charge < -0.3 is 21.1 Å². The molecule has 2 aromatic carbocycles. The Kier molecular flexibility index (Phi) is 8.27. The van der Waals surface area contributed by atoms with Gasteiger partial charge in [-0.15, -0.1) is 0 Å². The van der Waals surface area contributed by atoms with E-state index in [4.69, 9.17) is 10.5 Å². The van der Waals surface area contributed by atoms with Crippen LogP contribution in [0.1, 0.15) is 23.6 Å². The van der Waals surface area contributed by atoms with E-state index in [1.54, 1.807) is 12.1 Å². The maximum absolute atomic E-state index is 13.2. The summed E-state index contributed by atoms with van der Waals surface area (Å²) in [4.78, 5) is 15.4. The summed E-state index contributed by atoms with van der Waals surface area (Å²) in [5.74, 6) is 0.548. The van der Waals surface area contributed by atoms with Gasteiger partial charge in [0.25, 0.3) is 5.91 Å².